The van der Waals surface area contributed by atoms with Gasteiger partial charge >= 0.3 is 6.09 Å². The number of carbonyl (C=O) groups excluding carboxylic acids is 1. The number of likely N-dealkylation sites (tertiary alicyclic amines) is 1. The van der Waals surface area contributed by atoms with Crippen LogP contribution >= 0.6 is 0 Å². The molecule has 0 aromatic heterocycles. The molecule has 1 aliphatic carbocycles. The molecule has 19 heavy (non-hydrogen) atoms. The lowest BCUT2D eigenvalue weighted by Gasteiger charge is -2.53. The molecular formula is C16H29NO2. The molecule has 0 N–H and O–H groups in total. The lowest BCUT2D eigenvalue weighted by molar-refractivity contribution is -0.0391. The van der Waals surface area contributed by atoms with Crippen LogP contribution in [-0.4, -0.2) is 29.7 Å². The summed E-state index contributed by atoms with van der Waals surface area (Å²) in [5, 5.41) is 0. The van der Waals surface area contributed by atoms with Gasteiger partial charge in [0.05, 0.1) is 0 Å². The van der Waals surface area contributed by atoms with Crippen molar-refractivity contribution in [1.82, 2.24) is 4.90 Å². The van der Waals surface area contributed by atoms with Gasteiger partial charge in [-0.15, -0.1) is 0 Å². The average molecular weight is 267 g/mol. The Morgan fingerprint density at radius 3 is 2.16 bits per heavy atom. The van der Waals surface area contributed by atoms with E-state index in [1.807, 2.05) is 25.7 Å². The van der Waals surface area contributed by atoms with Crippen molar-refractivity contribution in [1.29, 1.82) is 0 Å². The molecule has 1 amide bonds. The Hall–Kier alpha value is -0.730. The zero-order valence-corrected chi connectivity index (χ0v) is 13.2. The number of piperidine rings is 1. The van der Waals surface area contributed by atoms with Crippen LogP contribution in [0.4, 0.5) is 4.79 Å². The van der Waals surface area contributed by atoms with E-state index in [1.165, 1.54) is 12.8 Å². The highest BCUT2D eigenvalue weighted by Crippen LogP contribution is 2.54. The van der Waals surface area contributed by atoms with E-state index in [1.54, 1.807) is 0 Å². The Balaban J connectivity index is 1.79. The minimum atomic E-state index is -0.384. The predicted molar refractivity (Wildman–Crippen MR) is 77.0 cm³/mol. The second kappa shape index (κ2) is 4.99. The van der Waals surface area contributed by atoms with Crippen LogP contribution in [0.2, 0.25) is 0 Å². The van der Waals surface area contributed by atoms with E-state index in [2.05, 4.69) is 13.8 Å². The second-order valence-electron chi connectivity index (χ2n) is 7.88. The molecule has 1 aliphatic heterocycles. The minimum Gasteiger partial charge on any atom is -0.444 e. The van der Waals surface area contributed by atoms with Gasteiger partial charge in [0.25, 0.3) is 0 Å². The third kappa shape index (κ3) is 3.43. The van der Waals surface area contributed by atoms with E-state index in [4.69, 9.17) is 4.74 Å². The van der Waals surface area contributed by atoms with Gasteiger partial charge in [-0.25, -0.2) is 4.79 Å². The Labute approximate surface area is 117 Å². The quantitative estimate of drug-likeness (QED) is 0.716. The highest BCUT2D eigenvalue weighted by Gasteiger charge is 2.47. The molecule has 0 aromatic carbocycles. The first-order chi connectivity index (χ1) is 8.71. The first-order valence-electron chi connectivity index (χ1n) is 7.69. The first-order valence-corrected chi connectivity index (χ1v) is 7.69. The molecule has 0 aromatic rings. The molecule has 110 valence electrons. The molecule has 2 aliphatic rings. The van der Waals surface area contributed by atoms with E-state index in [0.717, 1.165) is 37.8 Å². The lowest BCUT2D eigenvalue weighted by atomic mass is 9.55. The van der Waals surface area contributed by atoms with Gasteiger partial charge in [-0.1, -0.05) is 13.8 Å². The number of hydrogen-bond acceptors (Lipinski definition) is 2. The normalized spacial score (nSPS) is 23.6. The zero-order valence-electron chi connectivity index (χ0n) is 13.2. The Kier molecular flexibility index (Phi) is 3.85. The van der Waals surface area contributed by atoms with Gasteiger partial charge in [0.15, 0.2) is 0 Å². The molecule has 1 saturated heterocycles. The van der Waals surface area contributed by atoms with Crippen molar-refractivity contribution in [3.8, 4) is 0 Å². The van der Waals surface area contributed by atoms with E-state index in [9.17, 15) is 4.79 Å². The van der Waals surface area contributed by atoms with E-state index >= 15 is 0 Å². The van der Waals surface area contributed by atoms with Gasteiger partial charge in [0.2, 0.25) is 0 Å². The number of hydrogen-bond donors (Lipinski definition) is 0. The second-order valence-corrected chi connectivity index (χ2v) is 7.88. The summed E-state index contributed by atoms with van der Waals surface area (Å²) in [6, 6.07) is 0. The van der Waals surface area contributed by atoms with Gasteiger partial charge in [-0.3, -0.25) is 0 Å². The van der Waals surface area contributed by atoms with E-state index in [0.29, 0.717) is 5.41 Å². The van der Waals surface area contributed by atoms with E-state index in [-0.39, 0.29) is 11.7 Å². The van der Waals surface area contributed by atoms with Crippen molar-refractivity contribution in [2.24, 2.45) is 17.3 Å². The average Bonchev–Trinajstić information content (AvgIpc) is 2.23. The van der Waals surface area contributed by atoms with Gasteiger partial charge in [-0.05, 0) is 63.7 Å². The number of nitrogens with zero attached hydrogens (tertiary/aromatic N) is 1. The Morgan fingerprint density at radius 1 is 1.21 bits per heavy atom. The largest absolute Gasteiger partial charge is 0.444 e. The van der Waals surface area contributed by atoms with Crippen LogP contribution in [-0.2, 0) is 4.74 Å². The van der Waals surface area contributed by atoms with Crippen molar-refractivity contribution >= 4 is 6.09 Å². The summed E-state index contributed by atoms with van der Waals surface area (Å²) < 4.78 is 5.44. The highest BCUT2D eigenvalue weighted by molar-refractivity contribution is 5.68. The molecular weight excluding hydrogens is 238 g/mol. The van der Waals surface area contributed by atoms with Gasteiger partial charge in [-0.2, -0.15) is 0 Å². The molecule has 2 rings (SSSR count). The van der Waals surface area contributed by atoms with Crippen LogP contribution in [0.25, 0.3) is 0 Å². The maximum Gasteiger partial charge on any atom is 0.410 e. The van der Waals surface area contributed by atoms with Crippen LogP contribution in [0.1, 0.15) is 60.3 Å². The first kappa shape index (κ1) is 14.7. The molecule has 1 saturated carbocycles. The number of rotatable bonds is 1. The summed E-state index contributed by atoms with van der Waals surface area (Å²) in [7, 11) is 0. The smallest absolute Gasteiger partial charge is 0.410 e. The number of carbonyl (C=O) groups is 1. The summed E-state index contributed by atoms with van der Waals surface area (Å²) in [4.78, 5) is 13.9. The Bertz CT molecular complexity index is 327. The van der Waals surface area contributed by atoms with Gasteiger partial charge in [0, 0.05) is 13.1 Å². The maximum atomic E-state index is 12.0. The van der Waals surface area contributed by atoms with Crippen LogP contribution in [0.3, 0.4) is 0 Å². The maximum absolute atomic E-state index is 12.0. The zero-order chi connectivity index (χ0) is 14.3. The lowest BCUT2D eigenvalue weighted by Crippen LogP contribution is -2.50. The molecule has 1 spiro atoms. The summed E-state index contributed by atoms with van der Waals surface area (Å²) in [6.07, 6.45) is 4.92. The van der Waals surface area contributed by atoms with Crippen molar-refractivity contribution in [3.05, 3.63) is 0 Å². The summed E-state index contributed by atoms with van der Waals surface area (Å²) in [5.41, 5.74) is 0.166. The van der Waals surface area contributed by atoms with E-state index < -0.39 is 0 Å². The molecule has 3 nitrogen and oxygen atoms in total. The molecule has 0 atom stereocenters. The van der Waals surface area contributed by atoms with Crippen molar-refractivity contribution in [3.63, 3.8) is 0 Å². The summed E-state index contributed by atoms with van der Waals surface area (Å²) >= 11 is 0. The van der Waals surface area contributed by atoms with Crippen molar-refractivity contribution in [2.45, 2.75) is 65.9 Å². The SMILES string of the molecule is CC(C)C1CC2(CCN(C(=O)OC(C)(C)C)CC2)C1. The molecule has 0 bridgehead atoms. The highest BCUT2D eigenvalue weighted by atomic mass is 16.6. The fourth-order valence-electron chi connectivity index (χ4n) is 3.42. The molecule has 0 radical (unpaired) electrons. The van der Waals surface area contributed by atoms with Crippen LogP contribution in [0, 0.1) is 17.3 Å². The van der Waals surface area contributed by atoms with Crippen LogP contribution in [0.5, 0.6) is 0 Å². The van der Waals surface area contributed by atoms with Crippen molar-refractivity contribution in [2.75, 3.05) is 13.1 Å². The monoisotopic (exact) mass is 267 g/mol. The minimum absolute atomic E-state index is 0.137. The molecule has 1 heterocycles. The third-order valence-electron chi connectivity index (χ3n) is 4.81. The standard InChI is InChI=1S/C16H29NO2/c1-12(2)13-10-16(11-13)6-8-17(9-7-16)14(18)19-15(3,4)5/h12-13H,6-11H2,1-5H3. The molecule has 3 heteroatoms. The van der Waals surface area contributed by atoms with Gasteiger partial charge < -0.3 is 9.64 Å². The van der Waals surface area contributed by atoms with Crippen molar-refractivity contribution < 1.29 is 9.53 Å². The van der Waals surface area contributed by atoms with Crippen LogP contribution < -0.4 is 0 Å². The third-order valence-corrected chi connectivity index (χ3v) is 4.81. The number of ether oxygens (including phenoxy) is 1. The Morgan fingerprint density at radius 2 is 1.74 bits per heavy atom. The molecule has 2 fully saturated rings. The fraction of sp³-hybridized carbons (Fsp3) is 0.938. The molecule has 0 unspecified atom stereocenters. The summed E-state index contributed by atoms with van der Waals surface area (Å²) in [5.74, 6) is 1.72. The number of amides is 1. The topological polar surface area (TPSA) is 29.5 Å². The fourth-order valence-corrected chi connectivity index (χ4v) is 3.42. The predicted octanol–water partition coefficient (Wildman–Crippen LogP) is 4.07. The van der Waals surface area contributed by atoms with Crippen LogP contribution in [0.15, 0.2) is 0 Å². The summed E-state index contributed by atoms with van der Waals surface area (Å²) in [6.45, 7) is 12.2. The van der Waals surface area contributed by atoms with Gasteiger partial charge in [0.1, 0.15) is 5.60 Å².